The van der Waals surface area contributed by atoms with Gasteiger partial charge in [0.05, 0.1) is 7.58 Å². The molecule has 4 heteroatoms. The van der Waals surface area contributed by atoms with Crippen LogP contribution in [0.2, 0.25) is 0 Å². The summed E-state index contributed by atoms with van der Waals surface area (Å²) in [5.41, 5.74) is 0. The Balaban J connectivity index is 3.05. The number of hydrogen-bond acceptors (Lipinski definition) is 3. The SMILES string of the molecule is CC(=O)O[PH2]=S. The standard InChI is InChI=1S/C2H5O2PS/c1-2(3)4-5-6/h5H2,1H3. The minimum Gasteiger partial charge on any atom is -0.443 e. The molecule has 0 aromatic heterocycles. The third kappa shape index (κ3) is 4.12. The summed E-state index contributed by atoms with van der Waals surface area (Å²) in [4.78, 5) is 9.78. The van der Waals surface area contributed by atoms with Crippen molar-refractivity contribution in [3.8, 4) is 0 Å². The van der Waals surface area contributed by atoms with Gasteiger partial charge in [0.1, 0.15) is 0 Å². The molecule has 0 aromatic rings. The predicted molar refractivity (Wildman–Crippen MR) is 28.8 cm³/mol. The zero-order chi connectivity index (χ0) is 4.99. The lowest BCUT2D eigenvalue weighted by atomic mass is 10.9. The van der Waals surface area contributed by atoms with Crippen molar-refractivity contribution in [1.29, 1.82) is 0 Å². The smallest absolute Gasteiger partial charge is 0.305 e. The molecule has 0 heterocycles. The van der Waals surface area contributed by atoms with E-state index in [1.807, 2.05) is 0 Å². The molecule has 0 aliphatic rings. The zero-order valence-corrected chi connectivity index (χ0v) is 5.27. The fraction of sp³-hybridized carbons (Fsp3) is 0.500. The van der Waals surface area contributed by atoms with Gasteiger partial charge in [0.25, 0.3) is 0 Å². The minimum absolute atomic E-state index is 0.278. The molecule has 0 rings (SSSR count). The predicted octanol–water partition coefficient (Wildman–Crippen LogP) is 0.337. The van der Waals surface area contributed by atoms with E-state index in [1.54, 1.807) is 0 Å². The summed E-state index contributed by atoms with van der Waals surface area (Å²) in [7, 11) is -0.514. The Morgan fingerprint density at radius 1 is 2.00 bits per heavy atom. The Labute approximate surface area is 42.4 Å². The second-order valence-electron chi connectivity index (χ2n) is 0.706. The Hall–Kier alpha value is 0.120. The van der Waals surface area contributed by atoms with Gasteiger partial charge in [-0.3, -0.25) is 4.79 Å². The van der Waals surface area contributed by atoms with Crippen molar-refractivity contribution in [1.82, 2.24) is 0 Å². The van der Waals surface area contributed by atoms with Gasteiger partial charge in [0.2, 0.25) is 0 Å². The van der Waals surface area contributed by atoms with Crippen LogP contribution in [0.3, 0.4) is 0 Å². The first-order valence-corrected chi connectivity index (χ1v) is 3.74. The summed E-state index contributed by atoms with van der Waals surface area (Å²) >= 11 is 4.37. The summed E-state index contributed by atoms with van der Waals surface area (Å²) in [6, 6.07) is 0. The molecule has 1 atom stereocenters. The summed E-state index contributed by atoms with van der Waals surface area (Å²) in [5.74, 6) is -0.278. The van der Waals surface area contributed by atoms with E-state index < -0.39 is 7.58 Å². The maximum Gasteiger partial charge on any atom is 0.305 e. The van der Waals surface area contributed by atoms with Crippen LogP contribution in [-0.4, -0.2) is 5.97 Å². The molecular formula is C2H5O2PS. The Kier molecular flexibility index (Phi) is 3.38. The monoisotopic (exact) mass is 124 g/mol. The van der Waals surface area contributed by atoms with Crippen LogP contribution in [0.15, 0.2) is 0 Å². The van der Waals surface area contributed by atoms with Crippen molar-refractivity contribution in [2.24, 2.45) is 0 Å². The number of hydrogen-bond donors (Lipinski definition) is 0. The van der Waals surface area contributed by atoms with Crippen LogP contribution < -0.4 is 0 Å². The maximum atomic E-state index is 9.78. The summed E-state index contributed by atoms with van der Waals surface area (Å²) in [5, 5.41) is 0. The summed E-state index contributed by atoms with van der Waals surface area (Å²) in [6.07, 6.45) is 0. The van der Waals surface area contributed by atoms with Crippen molar-refractivity contribution in [3.63, 3.8) is 0 Å². The van der Waals surface area contributed by atoms with Gasteiger partial charge in [0, 0.05) is 6.92 Å². The molecule has 0 saturated carbocycles. The van der Waals surface area contributed by atoms with Crippen LogP contribution in [0.25, 0.3) is 0 Å². The molecule has 1 unspecified atom stereocenters. The van der Waals surface area contributed by atoms with Gasteiger partial charge in [-0.05, 0) is 0 Å². The second-order valence-corrected chi connectivity index (χ2v) is 1.71. The minimum atomic E-state index is -0.514. The van der Waals surface area contributed by atoms with Gasteiger partial charge >= 0.3 is 5.97 Å². The first-order chi connectivity index (χ1) is 2.77. The van der Waals surface area contributed by atoms with E-state index >= 15 is 0 Å². The maximum absolute atomic E-state index is 9.78. The molecule has 0 saturated heterocycles. The van der Waals surface area contributed by atoms with Crippen LogP contribution in [0.1, 0.15) is 6.92 Å². The van der Waals surface area contributed by atoms with E-state index in [1.165, 1.54) is 6.92 Å². The van der Waals surface area contributed by atoms with Crippen LogP contribution >= 0.6 is 7.58 Å². The highest BCUT2D eigenvalue weighted by Gasteiger charge is 1.78. The van der Waals surface area contributed by atoms with Crippen LogP contribution in [0.4, 0.5) is 0 Å². The quantitative estimate of drug-likeness (QED) is 0.471. The lowest BCUT2D eigenvalue weighted by Gasteiger charge is -1.83. The molecule has 0 spiro atoms. The van der Waals surface area contributed by atoms with Crippen LogP contribution in [0, 0.1) is 0 Å². The van der Waals surface area contributed by atoms with Crippen molar-refractivity contribution in [3.05, 3.63) is 0 Å². The van der Waals surface area contributed by atoms with Crippen molar-refractivity contribution in [2.75, 3.05) is 0 Å². The molecule has 0 bridgehead atoms. The number of carbonyl (C=O) groups is 1. The van der Waals surface area contributed by atoms with E-state index in [9.17, 15) is 4.79 Å². The third-order valence-corrected chi connectivity index (χ3v) is 0.931. The van der Waals surface area contributed by atoms with Crippen LogP contribution in [-0.2, 0) is 21.1 Å². The molecule has 0 N–H and O–H groups in total. The van der Waals surface area contributed by atoms with Gasteiger partial charge in [-0.1, -0.05) is 11.8 Å². The second kappa shape index (κ2) is 3.32. The van der Waals surface area contributed by atoms with Crippen molar-refractivity contribution < 1.29 is 9.32 Å². The molecule has 0 fully saturated rings. The summed E-state index contributed by atoms with van der Waals surface area (Å²) in [6.45, 7) is 1.35. The van der Waals surface area contributed by atoms with E-state index in [4.69, 9.17) is 0 Å². The fourth-order valence-electron chi connectivity index (χ4n) is 0.0678. The van der Waals surface area contributed by atoms with Gasteiger partial charge in [-0.2, -0.15) is 0 Å². The van der Waals surface area contributed by atoms with Crippen molar-refractivity contribution >= 4 is 25.4 Å². The molecule has 36 valence electrons. The average molecular weight is 124 g/mol. The van der Waals surface area contributed by atoms with Gasteiger partial charge < -0.3 is 4.52 Å². The number of rotatable bonds is 1. The molecular weight excluding hydrogens is 119 g/mol. The first-order valence-electron chi connectivity index (χ1n) is 1.38. The normalized spacial score (nSPS) is 9.50. The molecule has 6 heavy (non-hydrogen) atoms. The largest absolute Gasteiger partial charge is 0.443 e. The van der Waals surface area contributed by atoms with Crippen molar-refractivity contribution in [2.45, 2.75) is 6.92 Å². The van der Waals surface area contributed by atoms with Crippen LogP contribution in [0.5, 0.6) is 0 Å². The fourth-order valence-corrected chi connectivity index (χ4v) is 0.610. The lowest BCUT2D eigenvalue weighted by Crippen LogP contribution is -1.83. The Bertz CT molecular complexity index is 71.9. The number of carbonyl (C=O) groups excluding carboxylic acids is 1. The first kappa shape index (κ1) is 6.12. The van der Waals surface area contributed by atoms with Gasteiger partial charge in [0.15, 0.2) is 0 Å². The highest BCUT2D eigenvalue weighted by Crippen LogP contribution is 1.92. The molecule has 0 aliphatic carbocycles. The molecule has 2 nitrogen and oxygen atoms in total. The highest BCUT2D eigenvalue weighted by atomic mass is 32.4. The highest BCUT2D eigenvalue weighted by molar-refractivity contribution is 7.94. The Morgan fingerprint density at radius 2 is 2.50 bits per heavy atom. The van der Waals surface area contributed by atoms with E-state index in [-0.39, 0.29) is 5.97 Å². The van der Waals surface area contributed by atoms with E-state index in [0.29, 0.717) is 0 Å². The topological polar surface area (TPSA) is 26.3 Å². The van der Waals surface area contributed by atoms with Gasteiger partial charge in [-0.25, -0.2) is 0 Å². The molecule has 0 radical (unpaired) electrons. The van der Waals surface area contributed by atoms with Gasteiger partial charge in [-0.15, -0.1) is 0 Å². The lowest BCUT2D eigenvalue weighted by molar-refractivity contribution is -0.130. The molecule has 0 aromatic carbocycles. The zero-order valence-electron chi connectivity index (χ0n) is 3.30. The van der Waals surface area contributed by atoms with E-state index in [0.717, 1.165) is 0 Å². The molecule has 0 aliphatic heterocycles. The average Bonchev–Trinajstić information content (AvgIpc) is 1.35. The molecule has 0 amide bonds. The Morgan fingerprint density at radius 3 is 2.50 bits per heavy atom. The summed E-state index contributed by atoms with van der Waals surface area (Å²) < 4.78 is 4.30. The third-order valence-electron chi connectivity index (χ3n) is 0.214. The van der Waals surface area contributed by atoms with E-state index in [2.05, 4.69) is 16.3 Å².